The Hall–Kier alpha value is -3.99. The largest absolute Gasteiger partial charge is 0.508 e. The highest BCUT2D eigenvalue weighted by Crippen LogP contribution is 2.32. The molecular weight excluding hydrogens is 522 g/mol. The number of unbranched alkanes of at least 4 members (excludes halogenated alkanes) is 3. The Bertz CT molecular complexity index is 1470. The highest BCUT2D eigenvalue weighted by molar-refractivity contribution is 5.89. The lowest BCUT2D eigenvalue weighted by molar-refractivity contribution is -0.114. The molecule has 4 rings (SSSR count). The molecule has 0 radical (unpaired) electrons. The summed E-state index contributed by atoms with van der Waals surface area (Å²) < 4.78 is 5.99. The zero-order valence-electron chi connectivity index (χ0n) is 25.1. The number of fused-ring (bicyclic) bond motifs is 1. The van der Waals surface area contributed by atoms with Crippen LogP contribution < -0.4 is 4.74 Å². The number of hydrogen-bond acceptors (Lipinski definition) is 4. The van der Waals surface area contributed by atoms with E-state index in [1.54, 1.807) is 24.3 Å². The average Bonchev–Trinajstić information content (AvgIpc) is 3.46. The SMILES string of the molecule is CCCCCC(C)CCCC=CC(=O)CCc1ccc(O)c(OCCc2ccc(O)cc2-c2ccc3[nH]ccc3c2)c1. The predicted molar refractivity (Wildman–Crippen MR) is 172 cm³/mol. The first-order valence-corrected chi connectivity index (χ1v) is 15.5. The fourth-order valence-corrected chi connectivity index (χ4v) is 5.41. The monoisotopic (exact) mass is 567 g/mol. The molecule has 3 aromatic carbocycles. The highest BCUT2D eigenvalue weighted by Gasteiger charge is 2.11. The van der Waals surface area contributed by atoms with Crippen LogP contribution in [0.1, 0.15) is 76.3 Å². The molecule has 1 unspecified atom stereocenters. The topological polar surface area (TPSA) is 82.6 Å². The summed E-state index contributed by atoms with van der Waals surface area (Å²) in [5.41, 5.74) is 5.04. The molecule has 5 nitrogen and oxygen atoms in total. The Labute approximate surface area is 250 Å². The molecule has 222 valence electrons. The van der Waals surface area contributed by atoms with Crippen molar-refractivity contribution in [3.63, 3.8) is 0 Å². The number of nitrogens with one attached hydrogen (secondary N) is 1. The van der Waals surface area contributed by atoms with E-state index >= 15 is 0 Å². The number of allylic oxidation sites excluding steroid dienone is 2. The van der Waals surface area contributed by atoms with Crippen molar-refractivity contribution in [2.45, 2.75) is 78.1 Å². The first-order valence-electron chi connectivity index (χ1n) is 15.5. The average molecular weight is 568 g/mol. The van der Waals surface area contributed by atoms with Gasteiger partial charge in [0, 0.05) is 24.6 Å². The molecule has 0 saturated heterocycles. The number of H-pyrrole nitrogens is 1. The van der Waals surface area contributed by atoms with Crippen molar-refractivity contribution < 1.29 is 19.7 Å². The number of carbonyl (C=O) groups excluding carboxylic acids is 1. The van der Waals surface area contributed by atoms with Crippen LogP contribution in [0.5, 0.6) is 17.2 Å². The van der Waals surface area contributed by atoms with Gasteiger partial charge in [-0.25, -0.2) is 0 Å². The van der Waals surface area contributed by atoms with Gasteiger partial charge in [0.05, 0.1) is 6.61 Å². The lowest BCUT2D eigenvalue weighted by Gasteiger charge is -2.13. The maximum atomic E-state index is 12.4. The van der Waals surface area contributed by atoms with Crippen LogP contribution in [0.25, 0.3) is 22.0 Å². The summed E-state index contributed by atoms with van der Waals surface area (Å²) in [6.07, 6.45) is 15.8. The lowest BCUT2D eigenvalue weighted by Crippen LogP contribution is -2.04. The predicted octanol–water partition coefficient (Wildman–Crippen LogP) is 9.31. The van der Waals surface area contributed by atoms with E-state index in [2.05, 4.69) is 24.9 Å². The van der Waals surface area contributed by atoms with Crippen molar-refractivity contribution >= 4 is 16.7 Å². The molecule has 3 N–H and O–H groups in total. The van der Waals surface area contributed by atoms with Gasteiger partial charge in [-0.15, -0.1) is 0 Å². The van der Waals surface area contributed by atoms with Gasteiger partial charge in [-0.3, -0.25) is 4.79 Å². The zero-order valence-corrected chi connectivity index (χ0v) is 25.1. The Morgan fingerprint density at radius 2 is 1.81 bits per heavy atom. The molecule has 0 spiro atoms. The van der Waals surface area contributed by atoms with Crippen LogP contribution in [0.2, 0.25) is 0 Å². The number of carbonyl (C=O) groups is 1. The molecular formula is C37H45NO4. The molecule has 42 heavy (non-hydrogen) atoms. The summed E-state index contributed by atoms with van der Waals surface area (Å²) in [4.78, 5) is 15.6. The van der Waals surface area contributed by atoms with Crippen molar-refractivity contribution in [1.29, 1.82) is 0 Å². The minimum Gasteiger partial charge on any atom is -0.508 e. The summed E-state index contributed by atoms with van der Waals surface area (Å²) in [6, 6.07) is 18.9. The number of hydrogen-bond donors (Lipinski definition) is 3. The van der Waals surface area contributed by atoms with E-state index in [4.69, 9.17) is 4.74 Å². The van der Waals surface area contributed by atoms with Gasteiger partial charge in [-0.2, -0.15) is 0 Å². The molecule has 1 aromatic heterocycles. The number of phenols is 2. The number of aromatic amines is 1. The van der Waals surface area contributed by atoms with Gasteiger partial charge in [0.2, 0.25) is 0 Å². The van der Waals surface area contributed by atoms with Crippen molar-refractivity contribution in [3.8, 4) is 28.4 Å². The molecule has 1 atom stereocenters. The number of ketones is 1. The van der Waals surface area contributed by atoms with Crippen LogP contribution in [0.3, 0.4) is 0 Å². The Morgan fingerprint density at radius 3 is 2.67 bits per heavy atom. The fraction of sp³-hybridized carbons (Fsp3) is 0.378. The fourth-order valence-electron chi connectivity index (χ4n) is 5.41. The standard InChI is InChI=1S/C37H45NO4/c1-3-4-6-9-27(2)10-7-5-8-11-32(39)16-12-28-13-19-36(41)37(24-28)42-23-21-29-14-17-33(40)26-34(29)30-15-18-35-31(25-30)20-22-38-35/h8,11,13-15,17-20,22,24-27,38,40-41H,3-7,9-10,12,16,21,23H2,1-2H3. The van der Waals surface area contributed by atoms with Gasteiger partial charge in [0.1, 0.15) is 5.75 Å². The van der Waals surface area contributed by atoms with Crippen molar-refractivity contribution in [2.24, 2.45) is 5.92 Å². The van der Waals surface area contributed by atoms with Crippen LogP contribution in [-0.4, -0.2) is 27.6 Å². The van der Waals surface area contributed by atoms with E-state index in [0.717, 1.165) is 51.9 Å². The van der Waals surface area contributed by atoms with Gasteiger partial charge >= 0.3 is 0 Å². The van der Waals surface area contributed by atoms with Crippen molar-refractivity contribution in [2.75, 3.05) is 6.61 Å². The quantitative estimate of drug-likeness (QED) is 0.0877. The van der Waals surface area contributed by atoms with Gasteiger partial charge < -0.3 is 19.9 Å². The van der Waals surface area contributed by atoms with E-state index < -0.39 is 0 Å². The zero-order chi connectivity index (χ0) is 29.7. The third-order valence-electron chi connectivity index (χ3n) is 7.94. The minimum atomic E-state index is 0.0812. The van der Waals surface area contributed by atoms with Crippen molar-refractivity contribution in [1.82, 2.24) is 4.98 Å². The van der Waals surface area contributed by atoms with E-state index in [1.807, 2.05) is 48.7 Å². The lowest BCUT2D eigenvalue weighted by atomic mass is 9.96. The van der Waals surface area contributed by atoms with Crippen LogP contribution in [-0.2, 0) is 17.6 Å². The van der Waals surface area contributed by atoms with Crippen LogP contribution >= 0.6 is 0 Å². The second kappa shape index (κ2) is 15.9. The third-order valence-corrected chi connectivity index (χ3v) is 7.94. The van der Waals surface area contributed by atoms with E-state index in [1.165, 1.54) is 32.1 Å². The number of rotatable bonds is 17. The first-order chi connectivity index (χ1) is 20.4. The Balaban J connectivity index is 1.26. The van der Waals surface area contributed by atoms with Gasteiger partial charge in [-0.1, -0.05) is 70.2 Å². The van der Waals surface area contributed by atoms with E-state index in [9.17, 15) is 15.0 Å². The second-order valence-corrected chi connectivity index (χ2v) is 11.4. The Kier molecular flexibility index (Phi) is 11.7. The molecule has 0 aliphatic rings. The van der Waals surface area contributed by atoms with Gasteiger partial charge in [-0.05, 0) is 101 Å². The summed E-state index contributed by atoms with van der Waals surface area (Å²) in [5, 5.41) is 21.7. The number of ether oxygens (including phenoxy) is 1. The van der Waals surface area contributed by atoms with E-state index in [0.29, 0.717) is 31.6 Å². The highest BCUT2D eigenvalue weighted by atomic mass is 16.5. The minimum absolute atomic E-state index is 0.0812. The first kappa shape index (κ1) is 31.0. The van der Waals surface area contributed by atoms with Crippen molar-refractivity contribution in [3.05, 3.63) is 90.1 Å². The molecule has 0 fully saturated rings. The summed E-state index contributed by atoms with van der Waals surface area (Å²) in [7, 11) is 0. The molecule has 0 bridgehead atoms. The number of aromatic nitrogens is 1. The second-order valence-electron chi connectivity index (χ2n) is 11.4. The number of phenolic OH excluding ortho intramolecular Hbond substituents is 2. The van der Waals surface area contributed by atoms with Crippen LogP contribution in [0, 0.1) is 5.92 Å². The molecule has 5 heteroatoms. The summed E-state index contributed by atoms with van der Waals surface area (Å²) >= 11 is 0. The summed E-state index contributed by atoms with van der Waals surface area (Å²) in [6.45, 7) is 4.93. The number of aromatic hydroxyl groups is 2. The molecule has 0 saturated carbocycles. The molecule has 4 aromatic rings. The van der Waals surface area contributed by atoms with Gasteiger partial charge in [0.15, 0.2) is 17.3 Å². The van der Waals surface area contributed by atoms with Crippen LogP contribution in [0.4, 0.5) is 0 Å². The molecule has 0 aliphatic heterocycles. The third kappa shape index (κ3) is 9.27. The Morgan fingerprint density at radius 1 is 0.952 bits per heavy atom. The van der Waals surface area contributed by atoms with Crippen LogP contribution in [0.15, 0.2) is 79.0 Å². The normalized spacial score (nSPS) is 12.2. The maximum Gasteiger partial charge on any atom is 0.161 e. The number of benzene rings is 3. The van der Waals surface area contributed by atoms with Gasteiger partial charge in [0.25, 0.3) is 0 Å². The molecule has 0 aliphatic carbocycles. The summed E-state index contributed by atoms with van der Waals surface area (Å²) in [5.74, 6) is 1.59. The maximum absolute atomic E-state index is 12.4. The smallest absolute Gasteiger partial charge is 0.161 e. The van der Waals surface area contributed by atoms with E-state index in [-0.39, 0.29) is 17.3 Å². The molecule has 0 amide bonds. The molecule has 1 heterocycles. The number of aryl methyl sites for hydroxylation is 1.